The Hall–Kier alpha value is -3.24. The number of benzene rings is 1. The van der Waals surface area contributed by atoms with Gasteiger partial charge in [-0.3, -0.25) is 9.58 Å². The fourth-order valence-corrected chi connectivity index (χ4v) is 3.75. The lowest BCUT2D eigenvalue weighted by molar-refractivity contribution is 0.260. The normalized spacial score (nSPS) is 13.8. The smallest absolute Gasteiger partial charge is 0.227 e. The zero-order valence-corrected chi connectivity index (χ0v) is 17.8. The van der Waals surface area contributed by atoms with Crippen molar-refractivity contribution in [1.82, 2.24) is 24.6 Å². The Bertz CT molecular complexity index is 1080. The summed E-state index contributed by atoms with van der Waals surface area (Å²) in [7, 11) is 0. The standard InChI is InChI=1S/C23H27N7/c1-16(2)30-15-20(13-26-30)22-17(3)12-25-23(28-22)27-21-6-5-19-14-29(9-4-8-24)10-7-18(19)11-21/h5-6,11-13,15-16H,4,7,9-10,14H2,1-3H3,(H,25,27,28). The molecule has 0 amide bonds. The highest BCUT2D eigenvalue weighted by Crippen LogP contribution is 2.26. The number of rotatable bonds is 6. The molecular weight excluding hydrogens is 374 g/mol. The summed E-state index contributed by atoms with van der Waals surface area (Å²) >= 11 is 0. The van der Waals surface area contributed by atoms with Crippen molar-refractivity contribution in [3.05, 3.63) is 53.5 Å². The zero-order chi connectivity index (χ0) is 21.1. The van der Waals surface area contributed by atoms with Gasteiger partial charge in [0.15, 0.2) is 0 Å². The summed E-state index contributed by atoms with van der Waals surface area (Å²) in [4.78, 5) is 11.6. The molecule has 7 heteroatoms. The summed E-state index contributed by atoms with van der Waals surface area (Å²) in [6.07, 6.45) is 7.31. The molecule has 1 aliphatic heterocycles. The Morgan fingerprint density at radius 2 is 2.10 bits per heavy atom. The van der Waals surface area contributed by atoms with Crippen molar-refractivity contribution >= 4 is 11.6 Å². The molecule has 154 valence electrons. The van der Waals surface area contributed by atoms with E-state index < -0.39 is 0 Å². The molecule has 4 rings (SSSR count). The molecule has 0 fully saturated rings. The Kier molecular flexibility index (Phi) is 5.77. The minimum absolute atomic E-state index is 0.310. The summed E-state index contributed by atoms with van der Waals surface area (Å²) in [6.45, 7) is 8.96. The van der Waals surface area contributed by atoms with Crippen LogP contribution in [0.2, 0.25) is 0 Å². The maximum absolute atomic E-state index is 8.80. The van der Waals surface area contributed by atoms with Crippen molar-refractivity contribution in [1.29, 1.82) is 5.26 Å². The Morgan fingerprint density at radius 1 is 1.23 bits per heavy atom. The summed E-state index contributed by atoms with van der Waals surface area (Å²) in [5.74, 6) is 0.583. The third-order valence-corrected chi connectivity index (χ3v) is 5.47. The Balaban J connectivity index is 1.52. The number of nitrogens with one attached hydrogen (secondary N) is 1. The molecule has 0 unspecified atom stereocenters. The molecule has 0 radical (unpaired) electrons. The van der Waals surface area contributed by atoms with Crippen molar-refractivity contribution in [2.24, 2.45) is 0 Å². The van der Waals surface area contributed by atoms with Crippen LogP contribution in [0.4, 0.5) is 11.6 Å². The number of nitrogens with zero attached hydrogens (tertiary/aromatic N) is 6. The first kappa shape index (κ1) is 20.0. The SMILES string of the molecule is Cc1cnc(Nc2ccc3c(c2)CCN(CCC#N)C3)nc1-c1cnn(C(C)C)c1. The molecule has 1 N–H and O–H groups in total. The number of aryl methyl sites for hydroxylation is 1. The average Bonchev–Trinajstić information content (AvgIpc) is 3.24. The number of hydrogen-bond donors (Lipinski definition) is 1. The van der Waals surface area contributed by atoms with E-state index in [0.29, 0.717) is 18.4 Å². The molecular formula is C23H27N7. The van der Waals surface area contributed by atoms with E-state index >= 15 is 0 Å². The lowest BCUT2D eigenvalue weighted by atomic mass is 9.99. The molecule has 0 atom stereocenters. The number of nitriles is 1. The van der Waals surface area contributed by atoms with Crippen LogP contribution in [-0.2, 0) is 13.0 Å². The van der Waals surface area contributed by atoms with E-state index in [4.69, 9.17) is 10.2 Å². The van der Waals surface area contributed by atoms with Gasteiger partial charge in [-0.05, 0) is 56.0 Å². The molecule has 0 spiro atoms. The Labute approximate surface area is 177 Å². The monoisotopic (exact) mass is 401 g/mol. The minimum atomic E-state index is 0.310. The third-order valence-electron chi connectivity index (χ3n) is 5.47. The molecule has 2 aromatic heterocycles. The molecule has 7 nitrogen and oxygen atoms in total. The van der Waals surface area contributed by atoms with Gasteiger partial charge in [-0.15, -0.1) is 0 Å². The minimum Gasteiger partial charge on any atom is -0.324 e. The van der Waals surface area contributed by atoms with Crippen LogP contribution in [0.25, 0.3) is 11.3 Å². The molecule has 0 saturated heterocycles. The third kappa shape index (κ3) is 4.34. The van der Waals surface area contributed by atoms with Gasteiger partial charge in [-0.25, -0.2) is 9.97 Å². The van der Waals surface area contributed by atoms with Crippen LogP contribution < -0.4 is 5.32 Å². The Morgan fingerprint density at radius 3 is 2.87 bits per heavy atom. The van der Waals surface area contributed by atoms with Gasteiger partial charge in [0.2, 0.25) is 5.95 Å². The number of fused-ring (bicyclic) bond motifs is 1. The first-order valence-electron chi connectivity index (χ1n) is 10.4. The van der Waals surface area contributed by atoms with Crippen molar-refractivity contribution in [2.75, 3.05) is 18.4 Å². The van der Waals surface area contributed by atoms with Crippen LogP contribution in [0, 0.1) is 18.3 Å². The first-order valence-corrected chi connectivity index (χ1v) is 10.4. The second-order valence-electron chi connectivity index (χ2n) is 8.07. The van der Waals surface area contributed by atoms with Gasteiger partial charge in [-0.1, -0.05) is 6.07 Å². The fraction of sp³-hybridized carbons (Fsp3) is 0.391. The van der Waals surface area contributed by atoms with Crippen LogP contribution >= 0.6 is 0 Å². The summed E-state index contributed by atoms with van der Waals surface area (Å²) in [5, 5.41) is 16.6. The first-order chi connectivity index (χ1) is 14.5. The molecule has 0 saturated carbocycles. The highest BCUT2D eigenvalue weighted by Gasteiger charge is 2.16. The van der Waals surface area contributed by atoms with E-state index in [0.717, 1.165) is 48.6 Å². The summed E-state index contributed by atoms with van der Waals surface area (Å²) in [6, 6.07) is 8.97. The molecule has 3 heterocycles. The zero-order valence-electron chi connectivity index (χ0n) is 17.8. The van der Waals surface area contributed by atoms with Gasteiger partial charge in [0, 0.05) is 55.7 Å². The van der Waals surface area contributed by atoms with Crippen molar-refractivity contribution < 1.29 is 0 Å². The maximum Gasteiger partial charge on any atom is 0.227 e. The topological polar surface area (TPSA) is 82.7 Å². The van der Waals surface area contributed by atoms with E-state index in [1.165, 1.54) is 11.1 Å². The molecule has 30 heavy (non-hydrogen) atoms. The largest absolute Gasteiger partial charge is 0.324 e. The maximum atomic E-state index is 8.80. The predicted molar refractivity (Wildman–Crippen MR) is 117 cm³/mol. The predicted octanol–water partition coefficient (Wildman–Crippen LogP) is 4.24. The second kappa shape index (κ2) is 8.64. The van der Waals surface area contributed by atoms with E-state index in [1.807, 2.05) is 30.2 Å². The van der Waals surface area contributed by atoms with Gasteiger partial charge in [0.1, 0.15) is 0 Å². The van der Waals surface area contributed by atoms with Crippen LogP contribution in [0.3, 0.4) is 0 Å². The summed E-state index contributed by atoms with van der Waals surface area (Å²) < 4.78 is 1.94. The molecule has 0 bridgehead atoms. The van der Waals surface area contributed by atoms with Crippen LogP contribution in [0.5, 0.6) is 0 Å². The van der Waals surface area contributed by atoms with Crippen LogP contribution in [0.15, 0.2) is 36.8 Å². The number of hydrogen-bond acceptors (Lipinski definition) is 6. The van der Waals surface area contributed by atoms with Gasteiger partial charge in [-0.2, -0.15) is 10.4 Å². The van der Waals surface area contributed by atoms with Crippen molar-refractivity contribution in [3.8, 4) is 17.3 Å². The quantitative estimate of drug-likeness (QED) is 0.665. The summed E-state index contributed by atoms with van der Waals surface area (Å²) in [5.41, 5.74) is 6.58. The van der Waals surface area contributed by atoms with E-state index in [-0.39, 0.29) is 0 Å². The van der Waals surface area contributed by atoms with Crippen molar-refractivity contribution in [2.45, 2.75) is 46.2 Å². The van der Waals surface area contributed by atoms with Crippen molar-refractivity contribution in [3.63, 3.8) is 0 Å². The lowest BCUT2D eigenvalue weighted by Gasteiger charge is -2.28. The highest BCUT2D eigenvalue weighted by molar-refractivity contribution is 5.64. The average molecular weight is 402 g/mol. The fourth-order valence-electron chi connectivity index (χ4n) is 3.75. The molecule has 1 aromatic carbocycles. The number of anilines is 2. The van der Waals surface area contributed by atoms with Gasteiger partial charge >= 0.3 is 0 Å². The lowest BCUT2D eigenvalue weighted by Crippen LogP contribution is -2.31. The highest BCUT2D eigenvalue weighted by atomic mass is 15.3. The van der Waals surface area contributed by atoms with Crippen LogP contribution in [-0.4, -0.2) is 37.7 Å². The molecule has 1 aliphatic rings. The van der Waals surface area contributed by atoms with Crippen LogP contribution in [0.1, 0.15) is 43.0 Å². The number of aromatic nitrogens is 4. The molecule has 3 aromatic rings. The van der Waals surface area contributed by atoms with E-state index in [1.54, 1.807) is 0 Å². The van der Waals surface area contributed by atoms with Gasteiger partial charge < -0.3 is 5.32 Å². The van der Waals surface area contributed by atoms with Gasteiger partial charge in [0.25, 0.3) is 0 Å². The van der Waals surface area contributed by atoms with E-state index in [9.17, 15) is 0 Å². The van der Waals surface area contributed by atoms with Gasteiger partial charge in [0.05, 0.1) is 18.0 Å². The second-order valence-corrected chi connectivity index (χ2v) is 8.07. The van der Waals surface area contributed by atoms with E-state index in [2.05, 4.69) is 58.4 Å². The molecule has 0 aliphatic carbocycles.